The zero-order chi connectivity index (χ0) is 37.0. The maximum Gasteiger partial charge on any atom is 0.131 e. The molecule has 56 heavy (non-hydrogen) atoms. The van der Waals surface area contributed by atoms with Gasteiger partial charge in [0.05, 0.1) is 22.1 Å². The van der Waals surface area contributed by atoms with E-state index in [1.807, 2.05) is 6.07 Å². The first kappa shape index (κ1) is 32.2. The summed E-state index contributed by atoms with van der Waals surface area (Å²) in [5.41, 5.74) is 12.7. The van der Waals surface area contributed by atoms with Crippen LogP contribution in [-0.2, 0) is 0 Å². The highest BCUT2D eigenvalue weighted by molar-refractivity contribution is 6.11. The molecule has 5 nitrogen and oxygen atoms in total. The minimum Gasteiger partial charge on any atom is -0.350 e. The number of fused-ring (bicyclic) bond motifs is 6. The van der Waals surface area contributed by atoms with Crippen molar-refractivity contribution in [2.45, 2.75) is 12.3 Å². The Morgan fingerprint density at radius 3 is 1.57 bits per heavy atom. The highest BCUT2D eigenvalue weighted by Crippen LogP contribution is 2.37. The predicted octanol–water partition coefficient (Wildman–Crippen LogP) is 11.9. The minimum atomic E-state index is -0.225. The van der Waals surface area contributed by atoms with Gasteiger partial charge >= 0.3 is 0 Å². The molecule has 0 spiro atoms. The molecule has 0 amide bonds. The zero-order valence-corrected chi connectivity index (χ0v) is 30.5. The lowest BCUT2D eigenvalue weighted by molar-refractivity contribution is 0.409. The van der Waals surface area contributed by atoms with Crippen LogP contribution in [-0.4, -0.2) is 15.0 Å². The van der Waals surface area contributed by atoms with Crippen molar-refractivity contribution in [2.24, 2.45) is 4.99 Å². The molecular weight excluding hydrogens is 683 g/mol. The molecule has 11 rings (SSSR count). The van der Waals surface area contributed by atoms with Gasteiger partial charge in [-0.1, -0.05) is 152 Å². The van der Waals surface area contributed by atoms with Gasteiger partial charge < -0.3 is 14.5 Å². The number of para-hydroxylation sites is 3. The van der Waals surface area contributed by atoms with E-state index < -0.39 is 0 Å². The van der Waals surface area contributed by atoms with Crippen molar-refractivity contribution >= 4 is 49.4 Å². The van der Waals surface area contributed by atoms with Gasteiger partial charge in [0.1, 0.15) is 18.2 Å². The van der Waals surface area contributed by atoms with Gasteiger partial charge in [-0.15, -0.1) is 0 Å². The van der Waals surface area contributed by atoms with E-state index in [9.17, 15) is 0 Å². The molecule has 10 aromatic rings. The minimum absolute atomic E-state index is 0.0854. The van der Waals surface area contributed by atoms with E-state index in [4.69, 9.17) is 4.99 Å². The van der Waals surface area contributed by atoms with Crippen LogP contribution < -0.4 is 10.6 Å². The van der Waals surface area contributed by atoms with Crippen LogP contribution in [0.2, 0.25) is 0 Å². The molecule has 2 N–H and O–H groups in total. The third-order valence-corrected chi connectivity index (χ3v) is 11.2. The van der Waals surface area contributed by atoms with Gasteiger partial charge in [-0.05, 0) is 70.8 Å². The second kappa shape index (κ2) is 13.3. The highest BCUT2D eigenvalue weighted by atomic mass is 15.3. The summed E-state index contributed by atoms with van der Waals surface area (Å²) in [5.74, 6) is 0.879. The van der Waals surface area contributed by atoms with Gasteiger partial charge in [0.25, 0.3) is 0 Å². The monoisotopic (exact) mass is 719 g/mol. The lowest BCUT2D eigenvalue weighted by Crippen LogP contribution is -2.44. The molecule has 8 aromatic carbocycles. The Labute approximate surface area is 324 Å². The maximum atomic E-state index is 5.18. The molecule has 266 valence electrons. The van der Waals surface area contributed by atoms with Gasteiger partial charge in [0, 0.05) is 38.5 Å². The molecule has 3 heterocycles. The van der Waals surface area contributed by atoms with E-state index in [2.05, 4.69) is 214 Å². The Balaban J connectivity index is 0.997. The summed E-state index contributed by atoms with van der Waals surface area (Å²) in [6, 6.07) is 71.7. The van der Waals surface area contributed by atoms with Crippen LogP contribution in [0.1, 0.15) is 29.0 Å². The van der Waals surface area contributed by atoms with E-state index >= 15 is 0 Å². The summed E-state index contributed by atoms with van der Waals surface area (Å²) in [4.78, 5) is 5.18. The molecule has 2 atom stereocenters. The Morgan fingerprint density at radius 2 is 0.911 bits per heavy atom. The van der Waals surface area contributed by atoms with Crippen molar-refractivity contribution in [3.05, 3.63) is 217 Å². The Hall–Kier alpha value is -7.21. The number of hydrogen-bond donors (Lipinski definition) is 2. The average Bonchev–Trinajstić information content (AvgIpc) is 3.80. The van der Waals surface area contributed by atoms with Crippen LogP contribution in [0.3, 0.4) is 0 Å². The number of nitrogens with zero attached hydrogens (tertiary/aromatic N) is 3. The van der Waals surface area contributed by atoms with Crippen molar-refractivity contribution in [2.75, 3.05) is 0 Å². The molecule has 1 aliphatic heterocycles. The van der Waals surface area contributed by atoms with Crippen LogP contribution >= 0.6 is 0 Å². The standard InChI is InChI=1S/C51H37N5/c1-3-14-34(15-4-1)49-52-50(35-16-5-2-6-17-35)54-51(53-49)36-26-29-39(30-27-36)55-45-23-10-9-22-43(45)44-31-28-38(33-48(44)55)37-18-13-19-40(32-37)56-46-24-11-7-20-41(46)42-21-8-12-25-47(42)56/h1-33,49,51,53H,(H,52,54). The molecule has 0 saturated heterocycles. The fourth-order valence-corrected chi connectivity index (χ4v) is 8.55. The van der Waals surface area contributed by atoms with E-state index in [1.165, 1.54) is 60.3 Å². The van der Waals surface area contributed by atoms with Crippen molar-refractivity contribution in [3.8, 4) is 22.5 Å². The summed E-state index contributed by atoms with van der Waals surface area (Å²) < 4.78 is 4.79. The summed E-state index contributed by atoms with van der Waals surface area (Å²) in [5, 5.41) is 12.4. The SMILES string of the molecule is c1ccc(C2=NC(c3ccc(-n4c5ccccc5c5ccc(-c6cccc(-n7c8ccccc8c8ccccc87)c6)cc54)cc3)NC(c3ccccc3)N2)cc1. The molecule has 0 radical (unpaired) electrons. The van der Waals surface area contributed by atoms with E-state index in [0.717, 1.165) is 28.3 Å². The maximum absolute atomic E-state index is 5.18. The number of amidine groups is 1. The number of hydrogen-bond acceptors (Lipinski definition) is 3. The number of benzene rings is 8. The van der Waals surface area contributed by atoms with Gasteiger partial charge in [-0.3, -0.25) is 5.32 Å². The normalized spacial score (nSPS) is 15.7. The lowest BCUT2D eigenvalue weighted by atomic mass is 10.0. The first-order chi connectivity index (χ1) is 27.8. The number of nitrogens with one attached hydrogen (secondary N) is 2. The second-order valence-electron chi connectivity index (χ2n) is 14.5. The zero-order valence-electron chi connectivity index (χ0n) is 30.5. The molecule has 0 fully saturated rings. The molecule has 2 aromatic heterocycles. The smallest absolute Gasteiger partial charge is 0.131 e. The quantitative estimate of drug-likeness (QED) is 0.180. The van der Waals surface area contributed by atoms with Crippen LogP contribution in [0.15, 0.2) is 205 Å². The fourth-order valence-electron chi connectivity index (χ4n) is 8.55. The topological polar surface area (TPSA) is 46.3 Å². The molecule has 1 aliphatic rings. The van der Waals surface area contributed by atoms with E-state index in [1.54, 1.807) is 0 Å². The van der Waals surface area contributed by atoms with Gasteiger partial charge in [0.2, 0.25) is 0 Å². The first-order valence-corrected chi connectivity index (χ1v) is 19.2. The third-order valence-electron chi connectivity index (χ3n) is 11.2. The highest BCUT2D eigenvalue weighted by Gasteiger charge is 2.25. The van der Waals surface area contributed by atoms with Crippen LogP contribution in [0.4, 0.5) is 0 Å². The van der Waals surface area contributed by atoms with Gasteiger partial charge in [-0.25, -0.2) is 4.99 Å². The summed E-state index contributed by atoms with van der Waals surface area (Å²) in [6.07, 6.45) is -0.310. The van der Waals surface area contributed by atoms with E-state index in [0.29, 0.717) is 0 Å². The Kier molecular flexibility index (Phi) is 7.64. The predicted molar refractivity (Wildman–Crippen MR) is 232 cm³/mol. The molecule has 5 heteroatoms. The molecule has 2 unspecified atom stereocenters. The summed E-state index contributed by atoms with van der Waals surface area (Å²) in [7, 11) is 0. The Morgan fingerprint density at radius 1 is 0.375 bits per heavy atom. The summed E-state index contributed by atoms with van der Waals surface area (Å²) in [6.45, 7) is 0. The van der Waals surface area contributed by atoms with Crippen LogP contribution in [0, 0.1) is 0 Å². The number of aliphatic imine (C=N–C) groups is 1. The van der Waals surface area contributed by atoms with Gasteiger partial charge in [-0.2, -0.15) is 0 Å². The van der Waals surface area contributed by atoms with Crippen molar-refractivity contribution in [1.29, 1.82) is 0 Å². The molecule has 0 aliphatic carbocycles. The Bertz CT molecular complexity index is 3030. The van der Waals surface area contributed by atoms with Crippen molar-refractivity contribution < 1.29 is 0 Å². The van der Waals surface area contributed by atoms with Gasteiger partial charge in [0.15, 0.2) is 0 Å². The average molecular weight is 720 g/mol. The molecular formula is C51H37N5. The van der Waals surface area contributed by atoms with Crippen LogP contribution in [0.5, 0.6) is 0 Å². The fraction of sp³-hybridized carbons (Fsp3) is 0.0392. The van der Waals surface area contributed by atoms with Crippen molar-refractivity contribution in [3.63, 3.8) is 0 Å². The molecule has 0 bridgehead atoms. The number of aromatic nitrogens is 2. The number of rotatable bonds is 6. The first-order valence-electron chi connectivity index (χ1n) is 19.2. The summed E-state index contributed by atoms with van der Waals surface area (Å²) >= 11 is 0. The second-order valence-corrected chi connectivity index (χ2v) is 14.5. The van der Waals surface area contributed by atoms with Crippen LogP contribution in [0.25, 0.3) is 66.1 Å². The largest absolute Gasteiger partial charge is 0.350 e. The molecule has 0 saturated carbocycles. The lowest BCUT2D eigenvalue weighted by Gasteiger charge is -2.32. The van der Waals surface area contributed by atoms with E-state index in [-0.39, 0.29) is 12.3 Å². The third kappa shape index (κ3) is 5.40. The van der Waals surface area contributed by atoms with Crippen molar-refractivity contribution in [1.82, 2.24) is 19.8 Å².